The molecule has 0 saturated heterocycles. The number of allylic oxidation sites excluding steroid dienone is 2. The highest BCUT2D eigenvalue weighted by molar-refractivity contribution is 6.00. The molecule has 0 saturated carbocycles. The first-order valence-electron chi connectivity index (χ1n) is 7.73. The van der Waals surface area contributed by atoms with E-state index in [1.54, 1.807) is 42.5 Å². The van der Waals surface area contributed by atoms with Gasteiger partial charge in [0, 0.05) is 6.54 Å². The van der Waals surface area contributed by atoms with Gasteiger partial charge in [-0.15, -0.1) is 0 Å². The molecule has 0 spiro atoms. The Hall–Kier alpha value is -4.08. The van der Waals surface area contributed by atoms with Gasteiger partial charge in [0.05, 0.1) is 11.3 Å². The second kappa shape index (κ2) is 8.68. The van der Waals surface area contributed by atoms with E-state index in [1.807, 2.05) is 31.2 Å². The van der Waals surface area contributed by atoms with Crippen molar-refractivity contribution in [1.29, 1.82) is 15.8 Å². The van der Waals surface area contributed by atoms with E-state index in [4.69, 9.17) is 15.8 Å². The topological polar surface area (TPSA) is 112 Å². The Balaban J connectivity index is 2.20. The van der Waals surface area contributed by atoms with Gasteiger partial charge >= 0.3 is 0 Å². The highest BCUT2D eigenvalue weighted by Gasteiger charge is 2.13. The lowest BCUT2D eigenvalue weighted by molar-refractivity contribution is 0.0951. The predicted molar refractivity (Wildman–Crippen MR) is 96.3 cm³/mol. The van der Waals surface area contributed by atoms with Gasteiger partial charge in [-0.1, -0.05) is 42.0 Å². The van der Waals surface area contributed by atoms with Crippen molar-refractivity contribution in [2.45, 2.75) is 13.5 Å². The molecular weight excluding hydrogens is 326 g/mol. The molecule has 2 aromatic rings. The minimum atomic E-state index is -0.345. The van der Waals surface area contributed by atoms with Crippen LogP contribution in [-0.2, 0) is 6.54 Å². The molecule has 1 amide bonds. The molecule has 0 unspecified atom stereocenters. The zero-order chi connectivity index (χ0) is 18.9. The van der Waals surface area contributed by atoms with Crippen molar-refractivity contribution in [1.82, 2.24) is 5.32 Å². The molecule has 2 N–H and O–H groups in total. The summed E-state index contributed by atoms with van der Waals surface area (Å²) in [7, 11) is 0. The van der Waals surface area contributed by atoms with Gasteiger partial charge < -0.3 is 10.6 Å². The SMILES string of the molecule is Cc1ccc(CNC(=O)c2ccccc2NC(C#N)=C(C#N)C#N)cc1. The summed E-state index contributed by atoms with van der Waals surface area (Å²) in [6.45, 7) is 2.34. The number of rotatable bonds is 5. The molecular formula is C20H15N5O. The number of nitrogens with one attached hydrogen (secondary N) is 2. The average Bonchev–Trinajstić information content (AvgIpc) is 2.67. The molecule has 6 heteroatoms. The van der Waals surface area contributed by atoms with Crippen molar-refractivity contribution >= 4 is 11.6 Å². The number of para-hydroxylation sites is 1. The Labute approximate surface area is 151 Å². The maximum atomic E-state index is 12.5. The smallest absolute Gasteiger partial charge is 0.253 e. The Morgan fingerprint density at radius 1 is 0.962 bits per heavy atom. The third-order valence-corrected chi connectivity index (χ3v) is 3.59. The zero-order valence-electron chi connectivity index (χ0n) is 14.1. The Bertz CT molecular complexity index is 953. The number of nitrogens with zero attached hydrogens (tertiary/aromatic N) is 3. The fourth-order valence-electron chi connectivity index (χ4n) is 2.19. The van der Waals surface area contributed by atoms with E-state index in [0.29, 0.717) is 17.8 Å². The number of hydrogen-bond acceptors (Lipinski definition) is 5. The predicted octanol–water partition coefficient (Wildman–Crippen LogP) is 3.16. The number of nitriles is 3. The number of benzene rings is 2. The Kier molecular flexibility index (Phi) is 6.10. The lowest BCUT2D eigenvalue weighted by Gasteiger charge is -2.11. The number of carbonyl (C=O) groups is 1. The van der Waals surface area contributed by atoms with Crippen LogP contribution in [0.5, 0.6) is 0 Å². The zero-order valence-corrected chi connectivity index (χ0v) is 14.1. The van der Waals surface area contributed by atoms with Gasteiger partial charge in [-0.25, -0.2) is 0 Å². The van der Waals surface area contributed by atoms with Crippen molar-refractivity contribution in [2.24, 2.45) is 0 Å². The van der Waals surface area contributed by atoms with Crippen LogP contribution in [0.2, 0.25) is 0 Å². The van der Waals surface area contributed by atoms with Crippen LogP contribution >= 0.6 is 0 Å². The van der Waals surface area contributed by atoms with Crippen LogP contribution in [0.1, 0.15) is 21.5 Å². The third-order valence-electron chi connectivity index (χ3n) is 3.59. The second-order valence-corrected chi connectivity index (χ2v) is 5.42. The normalized spacial score (nSPS) is 9.15. The minimum Gasteiger partial charge on any atom is -0.348 e. The fraction of sp³-hybridized carbons (Fsp3) is 0.100. The van der Waals surface area contributed by atoms with Crippen molar-refractivity contribution in [3.05, 3.63) is 76.5 Å². The van der Waals surface area contributed by atoms with Gasteiger partial charge in [0.2, 0.25) is 0 Å². The van der Waals surface area contributed by atoms with E-state index in [-0.39, 0.29) is 17.2 Å². The van der Waals surface area contributed by atoms with Crippen molar-refractivity contribution in [3.8, 4) is 18.2 Å². The minimum absolute atomic E-state index is 0.200. The summed E-state index contributed by atoms with van der Waals surface area (Å²) in [6.07, 6.45) is 0. The van der Waals surface area contributed by atoms with Crippen LogP contribution in [0, 0.1) is 40.9 Å². The molecule has 0 aromatic heterocycles. The first-order valence-corrected chi connectivity index (χ1v) is 7.73. The van der Waals surface area contributed by atoms with Gasteiger partial charge in [0.1, 0.15) is 23.9 Å². The summed E-state index contributed by atoms with van der Waals surface area (Å²) in [4.78, 5) is 12.5. The van der Waals surface area contributed by atoms with Crippen molar-refractivity contribution < 1.29 is 4.79 Å². The first-order chi connectivity index (χ1) is 12.6. The van der Waals surface area contributed by atoms with E-state index in [1.165, 1.54) is 0 Å². The molecule has 0 bridgehead atoms. The summed E-state index contributed by atoms with van der Waals surface area (Å²) < 4.78 is 0. The third kappa shape index (κ3) is 4.47. The summed E-state index contributed by atoms with van der Waals surface area (Å²) in [5.41, 5.74) is 2.20. The number of hydrogen-bond donors (Lipinski definition) is 2. The Morgan fingerprint density at radius 2 is 1.62 bits per heavy atom. The molecule has 2 aromatic carbocycles. The molecule has 6 nitrogen and oxygen atoms in total. The Morgan fingerprint density at radius 3 is 2.23 bits per heavy atom. The van der Waals surface area contributed by atoms with E-state index < -0.39 is 0 Å². The number of amides is 1. The van der Waals surface area contributed by atoms with E-state index in [0.717, 1.165) is 11.1 Å². The van der Waals surface area contributed by atoms with E-state index in [2.05, 4.69) is 10.6 Å². The highest BCUT2D eigenvalue weighted by atomic mass is 16.1. The van der Waals surface area contributed by atoms with Crippen LogP contribution in [0.15, 0.2) is 59.8 Å². The van der Waals surface area contributed by atoms with Crippen LogP contribution in [-0.4, -0.2) is 5.91 Å². The molecule has 26 heavy (non-hydrogen) atoms. The molecule has 0 radical (unpaired) electrons. The van der Waals surface area contributed by atoms with Crippen LogP contribution in [0.25, 0.3) is 0 Å². The summed E-state index contributed by atoms with van der Waals surface area (Å²) in [6, 6.07) is 19.5. The largest absolute Gasteiger partial charge is 0.348 e. The van der Waals surface area contributed by atoms with Crippen LogP contribution in [0.4, 0.5) is 5.69 Å². The number of carbonyl (C=O) groups excluding carboxylic acids is 1. The molecule has 0 fully saturated rings. The quantitative estimate of drug-likeness (QED) is 0.811. The molecule has 126 valence electrons. The summed E-state index contributed by atoms with van der Waals surface area (Å²) >= 11 is 0. The lowest BCUT2D eigenvalue weighted by Crippen LogP contribution is -2.24. The van der Waals surface area contributed by atoms with Gasteiger partial charge in [-0.3, -0.25) is 4.79 Å². The maximum Gasteiger partial charge on any atom is 0.253 e. The molecule has 0 aliphatic heterocycles. The van der Waals surface area contributed by atoms with Crippen molar-refractivity contribution in [3.63, 3.8) is 0 Å². The van der Waals surface area contributed by atoms with Gasteiger partial charge in [-0.05, 0) is 24.6 Å². The van der Waals surface area contributed by atoms with E-state index in [9.17, 15) is 4.79 Å². The van der Waals surface area contributed by atoms with Gasteiger partial charge in [-0.2, -0.15) is 15.8 Å². The maximum absolute atomic E-state index is 12.5. The van der Waals surface area contributed by atoms with Gasteiger partial charge in [0.25, 0.3) is 5.91 Å². The second-order valence-electron chi connectivity index (χ2n) is 5.42. The fourth-order valence-corrected chi connectivity index (χ4v) is 2.19. The van der Waals surface area contributed by atoms with Gasteiger partial charge in [0.15, 0.2) is 5.57 Å². The molecule has 0 aliphatic carbocycles. The van der Waals surface area contributed by atoms with Crippen molar-refractivity contribution in [2.75, 3.05) is 5.32 Å². The highest BCUT2D eigenvalue weighted by Crippen LogP contribution is 2.18. The van der Waals surface area contributed by atoms with Crippen LogP contribution < -0.4 is 10.6 Å². The first kappa shape index (κ1) is 18.3. The number of anilines is 1. The molecule has 0 heterocycles. The monoisotopic (exact) mass is 341 g/mol. The standard InChI is InChI=1S/C20H15N5O/c1-14-6-8-15(9-7-14)13-24-20(26)17-4-2-3-5-18(17)25-19(12-23)16(10-21)11-22/h2-9,25H,13H2,1H3,(H,24,26). The van der Waals surface area contributed by atoms with E-state index >= 15 is 0 Å². The molecule has 2 rings (SSSR count). The summed E-state index contributed by atoms with van der Waals surface area (Å²) in [5, 5.41) is 32.5. The average molecular weight is 341 g/mol. The molecule has 0 aliphatic rings. The van der Waals surface area contributed by atoms with Crippen LogP contribution in [0.3, 0.4) is 0 Å². The lowest BCUT2D eigenvalue weighted by atomic mass is 10.1. The summed E-state index contributed by atoms with van der Waals surface area (Å²) in [5.74, 6) is -0.332. The number of aryl methyl sites for hydroxylation is 1. The molecule has 0 atom stereocenters.